The molecule has 0 saturated carbocycles. The Kier molecular flexibility index (Phi) is 12.8. The zero-order chi connectivity index (χ0) is 36.4. The number of ether oxygens (including phenoxy) is 5. The van der Waals surface area contributed by atoms with Crippen LogP contribution in [-0.2, 0) is 35.0 Å². The molecule has 3 aliphatic heterocycles. The van der Waals surface area contributed by atoms with Gasteiger partial charge in [-0.1, -0.05) is 58.0 Å². The number of benzene rings is 1. The number of hydrogen-bond donors (Lipinski definition) is 4. The summed E-state index contributed by atoms with van der Waals surface area (Å²) in [4.78, 5) is 28.9. The summed E-state index contributed by atoms with van der Waals surface area (Å²) < 4.78 is 31.5. The first-order valence-electron chi connectivity index (χ1n) is 17.8. The van der Waals surface area contributed by atoms with Crippen molar-refractivity contribution >= 4 is 12.1 Å². The molecule has 3 aliphatic rings. The van der Waals surface area contributed by atoms with E-state index in [1.54, 1.807) is 27.7 Å². The number of fused-ring (bicyclic) bond motifs is 2. The SMILES string of the molecule is CC[C@@H]1OC(=O)[C@H](C)[C@@H](O)[C@H](C)[C@@H](O[C@@H]2O[C@H](C)C[C@H](N(C)C)[C@H]2O)[C@@](C)(O)C[C@@H](C)[C@H]2OC1(C)[C@@H](OC(=O)NCc1ccccc1)[C@@H]2C. The molecule has 15 atom stereocenters. The maximum atomic E-state index is 13.7. The standard InChI is InChI=1S/C37H60N2O10/c1-11-27-37(8)32(48-35(43)38-19-25-15-13-12-14-16-25)24(6)30(49-37)20(2)18-36(7,44)31(22(4)28(40)23(5)33(42)46-27)47-34-29(41)26(39(9)10)17-21(3)45-34/h12-16,20-24,26-32,34,40-41,44H,11,17-19H2,1-10H3,(H,38,43)/t20-,21-,22+,23-,24-,26+,27+,28+,29-,30-,31-,32+,34+,36+,37?/m1/s1. The zero-order valence-corrected chi connectivity index (χ0v) is 30.9. The Morgan fingerprint density at radius 2 is 1.67 bits per heavy atom. The van der Waals surface area contributed by atoms with Crippen molar-refractivity contribution in [3.63, 3.8) is 0 Å². The first kappa shape index (κ1) is 39.5. The lowest BCUT2D eigenvalue weighted by Gasteiger charge is -2.46. The van der Waals surface area contributed by atoms with E-state index in [0.29, 0.717) is 12.8 Å². The minimum absolute atomic E-state index is 0.169. The highest BCUT2D eigenvalue weighted by Gasteiger charge is 2.60. The Hall–Kier alpha value is -2.32. The van der Waals surface area contributed by atoms with Crippen molar-refractivity contribution in [1.29, 1.82) is 0 Å². The second-order valence-electron chi connectivity index (χ2n) is 15.4. The predicted octanol–water partition coefficient (Wildman–Crippen LogP) is 3.63. The number of esters is 1. The van der Waals surface area contributed by atoms with Gasteiger partial charge in [0.15, 0.2) is 6.29 Å². The van der Waals surface area contributed by atoms with Gasteiger partial charge in [0, 0.05) is 24.4 Å². The van der Waals surface area contributed by atoms with Gasteiger partial charge in [-0.25, -0.2) is 4.79 Å². The van der Waals surface area contributed by atoms with Gasteiger partial charge in [-0.2, -0.15) is 0 Å². The van der Waals surface area contributed by atoms with Gasteiger partial charge < -0.3 is 49.2 Å². The number of amides is 1. The van der Waals surface area contributed by atoms with Crippen molar-refractivity contribution in [2.75, 3.05) is 14.1 Å². The van der Waals surface area contributed by atoms with E-state index < -0.39 is 78.0 Å². The van der Waals surface area contributed by atoms with E-state index in [1.807, 2.05) is 77.0 Å². The maximum Gasteiger partial charge on any atom is 0.407 e. The number of likely N-dealkylation sites (N-methyl/N-ethyl adjacent to an activating group) is 1. The Morgan fingerprint density at radius 3 is 2.29 bits per heavy atom. The van der Waals surface area contributed by atoms with Crippen molar-refractivity contribution in [3.05, 3.63) is 35.9 Å². The van der Waals surface area contributed by atoms with E-state index in [0.717, 1.165) is 5.56 Å². The fourth-order valence-electron chi connectivity index (χ4n) is 8.35. The summed E-state index contributed by atoms with van der Waals surface area (Å²) in [7, 11) is 3.76. The molecule has 49 heavy (non-hydrogen) atoms. The second kappa shape index (κ2) is 15.9. The lowest BCUT2D eigenvalue weighted by molar-refractivity contribution is -0.299. The monoisotopic (exact) mass is 692 g/mol. The Labute approximate surface area is 291 Å². The van der Waals surface area contributed by atoms with Gasteiger partial charge in [0.2, 0.25) is 0 Å². The molecule has 3 fully saturated rings. The molecule has 3 heterocycles. The van der Waals surface area contributed by atoms with Crippen LogP contribution in [0.4, 0.5) is 4.79 Å². The molecular formula is C37H60N2O10. The quantitative estimate of drug-likeness (QED) is 0.310. The van der Waals surface area contributed by atoms with Crippen LogP contribution in [0, 0.1) is 23.7 Å². The molecule has 0 spiro atoms. The minimum Gasteiger partial charge on any atom is -0.459 e. The number of rotatable bonds is 7. The van der Waals surface area contributed by atoms with Crippen molar-refractivity contribution in [3.8, 4) is 0 Å². The minimum atomic E-state index is -1.58. The van der Waals surface area contributed by atoms with Crippen LogP contribution in [0.2, 0.25) is 0 Å². The molecule has 0 aliphatic carbocycles. The van der Waals surface area contributed by atoms with E-state index in [4.69, 9.17) is 23.7 Å². The van der Waals surface area contributed by atoms with E-state index in [2.05, 4.69) is 5.32 Å². The van der Waals surface area contributed by atoms with Crippen LogP contribution in [-0.4, -0.2) is 113 Å². The molecule has 278 valence electrons. The third-order valence-corrected chi connectivity index (χ3v) is 11.1. The zero-order valence-electron chi connectivity index (χ0n) is 30.9. The first-order chi connectivity index (χ1) is 22.9. The third kappa shape index (κ3) is 8.60. The van der Waals surface area contributed by atoms with E-state index in [9.17, 15) is 24.9 Å². The third-order valence-electron chi connectivity index (χ3n) is 11.1. The molecule has 1 amide bonds. The van der Waals surface area contributed by atoms with Crippen molar-refractivity contribution in [1.82, 2.24) is 10.2 Å². The van der Waals surface area contributed by atoms with Crippen LogP contribution in [0.25, 0.3) is 0 Å². The summed E-state index contributed by atoms with van der Waals surface area (Å²) >= 11 is 0. The van der Waals surface area contributed by atoms with Crippen molar-refractivity contribution < 1.29 is 48.6 Å². The normalized spacial score (nSPS) is 43.6. The molecule has 4 N–H and O–H groups in total. The van der Waals surface area contributed by atoms with Crippen LogP contribution in [0.15, 0.2) is 30.3 Å². The van der Waals surface area contributed by atoms with Gasteiger partial charge in [-0.3, -0.25) is 4.79 Å². The summed E-state index contributed by atoms with van der Waals surface area (Å²) in [6, 6.07) is 9.24. The molecule has 12 nitrogen and oxygen atoms in total. The number of aliphatic hydroxyl groups excluding tert-OH is 2. The van der Waals surface area contributed by atoms with Crippen LogP contribution in [0.3, 0.4) is 0 Å². The lowest BCUT2D eigenvalue weighted by atomic mass is 9.75. The molecule has 4 rings (SSSR count). The number of hydrogen-bond acceptors (Lipinski definition) is 11. The predicted molar refractivity (Wildman–Crippen MR) is 182 cm³/mol. The van der Waals surface area contributed by atoms with Crippen LogP contribution in [0.1, 0.15) is 80.2 Å². The summed E-state index contributed by atoms with van der Waals surface area (Å²) in [5.41, 5.74) is -1.89. The number of nitrogens with zero attached hydrogens (tertiary/aromatic N) is 1. The van der Waals surface area contributed by atoms with E-state index in [-0.39, 0.29) is 36.9 Å². The molecule has 1 unspecified atom stereocenters. The molecule has 3 saturated heterocycles. The number of nitrogens with one attached hydrogen (secondary N) is 1. The number of cyclic esters (lactones) is 1. The van der Waals surface area contributed by atoms with Gasteiger partial charge in [0.1, 0.15) is 23.9 Å². The number of carbonyl (C=O) groups excluding carboxylic acids is 2. The second-order valence-corrected chi connectivity index (χ2v) is 15.4. The number of carbonyl (C=O) groups is 2. The van der Waals surface area contributed by atoms with Crippen molar-refractivity contribution in [2.45, 2.75) is 147 Å². The largest absolute Gasteiger partial charge is 0.459 e. The van der Waals surface area contributed by atoms with E-state index >= 15 is 0 Å². The van der Waals surface area contributed by atoms with Gasteiger partial charge in [-0.05, 0) is 72.5 Å². The van der Waals surface area contributed by atoms with Gasteiger partial charge >= 0.3 is 12.1 Å². The summed E-state index contributed by atoms with van der Waals surface area (Å²) in [5.74, 6) is -3.09. The summed E-state index contributed by atoms with van der Waals surface area (Å²) in [6.45, 7) is 14.7. The summed E-state index contributed by atoms with van der Waals surface area (Å²) in [6.07, 6.45) is -6.29. The smallest absolute Gasteiger partial charge is 0.407 e. The highest BCUT2D eigenvalue weighted by atomic mass is 16.7. The molecule has 1 aromatic rings. The fraction of sp³-hybridized carbons (Fsp3) is 0.784. The fourth-order valence-corrected chi connectivity index (χ4v) is 8.35. The lowest BCUT2D eigenvalue weighted by Crippen LogP contribution is -2.59. The van der Waals surface area contributed by atoms with Gasteiger partial charge in [0.05, 0.1) is 35.9 Å². The highest BCUT2D eigenvalue weighted by molar-refractivity contribution is 5.73. The molecular weight excluding hydrogens is 632 g/mol. The number of alkyl carbamates (subject to hydrolysis) is 1. The Morgan fingerprint density at radius 1 is 1.02 bits per heavy atom. The first-order valence-corrected chi connectivity index (χ1v) is 17.8. The topological polar surface area (TPSA) is 156 Å². The van der Waals surface area contributed by atoms with Crippen molar-refractivity contribution in [2.24, 2.45) is 23.7 Å². The highest BCUT2D eigenvalue weighted by Crippen LogP contribution is 2.47. The van der Waals surface area contributed by atoms with Gasteiger partial charge in [0.25, 0.3) is 0 Å². The van der Waals surface area contributed by atoms with Crippen LogP contribution in [0.5, 0.6) is 0 Å². The van der Waals surface area contributed by atoms with Crippen LogP contribution < -0.4 is 5.32 Å². The molecule has 0 radical (unpaired) electrons. The maximum absolute atomic E-state index is 13.7. The van der Waals surface area contributed by atoms with E-state index in [1.165, 1.54) is 0 Å². The average molecular weight is 693 g/mol. The van der Waals surface area contributed by atoms with Crippen LogP contribution >= 0.6 is 0 Å². The Balaban J connectivity index is 1.67. The summed E-state index contributed by atoms with van der Waals surface area (Å²) in [5, 5.41) is 38.0. The molecule has 1 aromatic carbocycles. The molecule has 0 aromatic heterocycles. The average Bonchev–Trinajstić information content (AvgIpc) is 3.30. The Bertz CT molecular complexity index is 1250. The molecule has 12 heteroatoms. The molecule has 2 bridgehead atoms. The van der Waals surface area contributed by atoms with Gasteiger partial charge in [-0.15, -0.1) is 0 Å². The number of aliphatic hydroxyl groups is 3.